The number of rotatable bonds is 3. The summed E-state index contributed by atoms with van der Waals surface area (Å²) in [5.74, 6) is 0.924. The third-order valence-electron chi connectivity index (χ3n) is 10.7. The van der Waals surface area contributed by atoms with Gasteiger partial charge in [0.2, 0.25) is 0 Å². The van der Waals surface area contributed by atoms with Crippen LogP contribution in [0.4, 0.5) is 11.4 Å². The number of para-hydroxylation sites is 1. The number of fused-ring (bicyclic) bond motifs is 9. The van der Waals surface area contributed by atoms with Crippen molar-refractivity contribution in [2.75, 3.05) is 17.2 Å². The summed E-state index contributed by atoms with van der Waals surface area (Å²) in [5.41, 5.74) is 14.9. The summed E-state index contributed by atoms with van der Waals surface area (Å²) >= 11 is 0. The smallest absolute Gasteiger partial charge is 0.197 e. The van der Waals surface area contributed by atoms with Crippen LogP contribution in [0.15, 0.2) is 140 Å². The monoisotopic (exact) mass is 618 g/mol. The molecule has 0 spiro atoms. The van der Waals surface area contributed by atoms with E-state index in [1.807, 2.05) is 0 Å². The minimum Gasteiger partial charge on any atom is -0.464 e. The first-order chi connectivity index (χ1) is 23.5. The molecule has 7 aromatic carbocycles. The Morgan fingerprint density at radius 3 is 2.17 bits per heavy atom. The number of benzene rings is 7. The van der Waals surface area contributed by atoms with Gasteiger partial charge in [0, 0.05) is 34.2 Å². The molecule has 10 rings (SSSR count). The molecule has 1 aliphatic carbocycles. The van der Waals surface area contributed by atoms with Crippen molar-refractivity contribution in [2.24, 2.45) is 0 Å². The van der Waals surface area contributed by atoms with Gasteiger partial charge in [-0.15, -0.1) is 0 Å². The summed E-state index contributed by atoms with van der Waals surface area (Å²) in [4.78, 5) is 0. The van der Waals surface area contributed by atoms with Gasteiger partial charge in [0.05, 0.1) is 5.69 Å². The van der Waals surface area contributed by atoms with E-state index < -0.39 is 0 Å². The van der Waals surface area contributed by atoms with Crippen molar-refractivity contribution < 1.29 is 4.74 Å². The number of hydrogen-bond acceptors (Lipinski definition) is 3. The Balaban J connectivity index is 1.04. The van der Waals surface area contributed by atoms with Crippen molar-refractivity contribution in [1.82, 2.24) is 0 Å². The van der Waals surface area contributed by atoms with Gasteiger partial charge in [0.25, 0.3) is 0 Å². The normalized spacial score (nSPS) is 16.6. The van der Waals surface area contributed by atoms with Crippen LogP contribution >= 0.6 is 0 Å². The lowest BCUT2D eigenvalue weighted by molar-refractivity contribution is 0.314. The van der Waals surface area contributed by atoms with Gasteiger partial charge in [-0.25, -0.2) is 0 Å². The van der Waals surface area contributed by atoms with Crippen LogP contribution in [0.2, 0.25) is 0 Å². The first kappa shape index (κ1) is 27.3. The van der Waals surface area contributed by atoms with Crippen LogP contribution in [0.25, 0.3) is 60.5 Å². The second kappa shape index (κ2) is 10.1. The second-order valence-corrected chi connectivity index (χ2v) is 13.8. The molecule has 1 atom stereocenters. The van der Waals surface area contributed by atoms with E-state index in [0.717, 1.165) is 29.1 Å². The van der Waals surface area contributed by atoms with Gasteiger partial charge in [-0.05, 0) is 91.0 Å². The summed E-state index contributed by atoms with van der Waals surface area (Å²) in [6, 6.07) is 48.9. The van der Waals surface area contributed by atoms with E-state index in [-0.39, 0.29) is 11.6 Å². The molecule has 0 amide bonds. The van der Waals surface area contributed by atoms with Crippen LogP contribution < -0.4 is 15.4 Å². The average molecular weight is 619 g/mol. The molecular formula is C45H34N2O. The van der Waals surface area contributed by atoms with E-state index >= 15 is 0 Å². The molecule has 0 saturated heterocycles. The summed E-state index contributed by atoms with van der Waals surface area (Å²) in [5, 5.41) is 11.9. The summed E-state index contributed by atoms with van der Waals surface area (Å²) in [6.07, 6.45) is 1.99. The summed E-state index contributed by atoms with van der Waals surface area (Å²) in [7, 11) is 0. The van der Waals surface area contributed by atoms with Crippen molar-refractivity contribution >= 4 is 38.5 Å². The summed E-state index contributed by atoms with van der Waals surface area (Å²) < 4.78 is 6.82. The van der Waals surface area contributed by atoms with E-state index in [0.29, 0.717) is 0 Å². The second-order valence-electron chi connectivity index (χ2n) is 13.8. The maximum Gasteiger partial charge on any atom is 0.197 e. The number of nitrogens with one attached hydrogen (secondary N) is 2. The fourth-order valence-corrected chi connectivity index (χ4v) is 8.24. The van der Waals surface area contributed by atoms with Gasteiger partial charge in [-0.3, -0.25) is 0 Å². The zero-order valence-corrected chi connectivity index (χ0v) is 27.0. The third kappa shape index (κ3) is 4.00. The Morgan fingerprint density at radius 1 is 0.583 bits per heavy atom. The molecule has 1 unspecified atom stereocenters. The molecule has 230 valence electrons. The molecule has 48 heavy (non-hydrogen) atoms. The lowest BCUT2D eigenvalue weighted by Gasteiger charge is -2.23. The SMILES string of the molecule is CC1(C)c2ccccc2-c2ccc(-c3cccc(-c4ccc5ccc6ccc7c(c6c5c4)OC(C4=CCNc5ccccc54)N7)c3)cc21. The Labute approximate surface area is 280 Å². The molecular weight excluding hydrogens is 585 g/mol. The van der Waals surface area contributed by atoms with Crippen LogP contribution in [-0.4, -0.2) is 12.8 Å². The Hall–Kier alpha value is -5.80. The zero-order chi connectivity index (χ0) is 32.0. The van der Waals surface area contributed by atoms with E-state index in [1.165, 1.54) is 71.8 Å². The van der Waals surface area contributed by atoms with E-state index in [9.17, 15) is 0 Å². The molecule has 2 heterocycles. The fraction of sp³-hybridized carbons (Fsp3) is 0.111. The largest absolute Gasteiger partial charge is 0.464 e. The van der Waals surface area contributed by atoms with Gasteiger partial charge in [0.15, 0.2) is 12.0 Å². The first-order valence-electron chi connectivity index (χ1n) is 16.8. The van der Waals surface area contributed by atoms with Gasteiger partial charge in [0.1, 0.15) is 0 Å². The lowest BCUT2D eigenvalue weighted by atomic mass is 9.81. The van der Waals surface area contributed by atoms with Gasteiger partial charge in [-0.2, -0.15) is 0 Å². The van der Waals surface area contributed by atoms with E-state index in [1.54, 1.807) is 0 Å². The highest BCUT2D eigenvalue weighted by atomic mass is 16.5. The number of ether oxygens (including phenoxy) is 1. The number of anilines is 2. The molecule has 0 bridgehead atoms. The van der Waals surface area contributed by atoms with Crippen LogP contribution in [0, 0.1) is 0 Å². The quantitative estimate of drug-likeness (QED) is 0.193. The highest BCUT2D eigenvalue weighted by Gasteiger charge is 2.35. The molecule has 7 aromatic rings. The van der Waals surface area contributed by atoms with Crippen molar-refractivity contribution in [2.45, 2.75) is 25.5 Å². The van der Waals surface area contributed by atoms with E-state index in [2.05, 4.69) is 164 Å². The van der Waals surface area contributed by atoms with E-state index in [4.69, 9.17) is 4.74 Å². The van der Waals surface area contributed by atoms with Gasteiger partial charge < -0.3 is 15.4 Å². The standard InChI is InChI=1S/C45H34N2O/c1-45(2)38-12-5-3-10-33(38)34-20-18-32(26-39(34)45)30-9-7-8-29(24-30)31-17-15-27-14-16-28-19-21-41-43(42(28)37(27)25-31)48-44(47-41)36-22-23-46-40-13-6-4-11-35(36)40/h3-22,24-26,44,46-47H,23H2,1-2H3. The fourth-order valence-electron chi connectivity index (χ4n) is 8.24. The minimum absolute atomic E-state index is 0.0249. The molecule has 0 aromatic heterocycles. The molecule has 2 N–H and O–H groups in total. The Morgan fingerprint density at radius 2 is 1.27 bits per heavy atom. The maximum atomic E-state index is 6.82. The summed E-state index contributed by atoms with van der Waals surface area (Å²) in [6.45, 7) is 5.47. The van der Waals surface area contributed by atoms with Gasteiger partial charge in [-0.1, -0.05) is 123 Å². The van der Waals surface area contributed by atoms with Crippen LogP contribution in [0.5, 0.6) is 5.75 Å². The van der Waals surface area contributed by atoms with Crippen LogP contribution in [0.3, 0.4) is 0 Å². The molecule has 3 heteroatoms. The van der Waals surface area contributed by atoms with Crippen molar-refractivity contribution in [3.63, 3.8) is 0 Å². The minimum atomic E-state index is -0.242. The predicted octanol–water partition coefficient (Wildman–Crippen LogP) is 11.3. The zero-order valence-electron chi connectivity index (χ0n) is 27.0. The van der Waals surface area contributed by atoms with Crippen LogP contribution in [-0.2, 0) is 5.41 Å². The topological polar surface area (TPSA) is 33.3 Å². The average Bonchev–Trinajstić information content (AvgIpc) is 3.67. The lowest BCUT2D eigenvalue weighted by Crippen LogP contribution is -2.25. The number of hydrogen-bond donors (Lipinski definition) is 2. The molecule has 3 aliphatic rings. The van der Waals surface area contributed by atoms with Crippen molar-refractivity contribution in [3.05, 3.63) is 156 Å². The first-order valence-corrected chi connectivity index (χ1v) is 16.8. The van der Waals surface area contributed by atoms with Crippen molar-refractivity contribution in [3.8, 4) is 39.1 Å². The Kier molecular flexibility index (Phi) is 5.75. The van der Waals surface area contributed by atoms with Crippen molar-refractivity contribution in [1.29, 1.82) is 0 Å². The molecule has 0 saturated carbocycles. The third-order valence-corrected chi connectivity index (χ3v) is 10.7. The molecule has 3 nitrogen and oxygen atoms in total. The van der Waals surface area contributed by atoms with Gasteiger partial charge >= 0.3 is 0 Å². The highest BCUT2D eigenvalue weighted by molar-refractivity contribution is 6.14. The molecule has 0 radical (unpaired) electrons. The predicted molar refractivity (Wildman–Crippen MR) is 201 cm³/mol. The highest BCUT2D eigenvalue weighted by Crippen LogP contribution is 2.50. The Bertz CT molecular complexity index is 2500. The maximum absolute atomic E-state index is 6.82. The van der Waals surface area contributed by atoms with Crippen LogP contribution in [0.1, 0.15) is 30.5 Å². The molecule has 2 aliphatic heterocycles. The molecule has 0 fully saturated rings.